The Hall–Kier alpha value is -3.06. The van der Waals surface area contributed by atoms with Crippen molar-refractivity contribution in [3.05, 3.63) is 66.0 Å². The molecule has 0 saturated carbocycles. The average Bonchev–Trinajstić information content (AvgIpc) is 3.16. The summed E-state index contributed by atoms with van der Waals surface area (Å²) in [7, 11) is 1.22. The van der Waals surface area contributed by atoms with E-state index in [1.54, 1.807) is 48.5 Å². The van der Waals surface area contributed by atoms with Crippen LogP contribution in [0.2, 0.25) is 0 Å². The van der Waals surface area contributed by atoms with E-state index in [2.05, 4.69) is 5.32 Å². The SMILES string of the molecule is COC(=O)[C@@]1(C)N[C@@H](c2ccccc2F)[C@H]2C(=O)N(c3ccccc3)C(=O)[C@H]21. The summed E-state index contributed by atoms with van der Waals surface area (Å²) in [6.45, 7) is 1.52. The summed E-state index contributed by atoms with van der Waals surface area (Å²) in [4.78, 5) is 40.2. The monoisotopic (exact) mass is 382 g/mol. The number of halogens is 1. The fraction of sp³-hybridized carbons (Fsp3) is 0.286. The first-order valence-corrected chi connectivity index (χ1v) is 8.93. The largest absolute Gasteiger partial charge is 0.468 e. The molecule has 2 heterocycles. The highest BCUT2D eigenvalue weighted by Gasteiger charge is 2.67. The number of esters is 1. The number of nitrogens with one attached hydrogen (secondary N) is 1. The van der Waals surface area contributed by atoms with E-state index in [1.165, 1.54) is 20.1 Å². The van der Waals surface area contributed by atoms with Gasteiger partial charge in [-0.3, -0.25) is 19.7 Å². The van der Waals surface area contributed by atoms with Gasteiger partial charge in [0.05, 0.1) is 24.6 Å². The number of imide groups is 1. The van der Waals surface area contributed by atoms with Crippen molar-refractivity contribution >= 4 is 23.5 Å². The predicted octanol–water partition coefficient (Wildman–Crippen LogP) is 2.21. The Balaban J connectivity index is 1.85. The van der Waals surface area contributed by atoms with E-state index in [1.807, 2.05) is 0 Å². The van der Waals surface area contributed by atoms with E-state index in [0.717, 1.165) is 4.90 Å². The zero-order valence-corrected chi connectivity index (χ0v) is 15.4. The second-order valence-corrected chi connectivity index (χ2v) is 7.19. The van der Waals surface area contributed by atoms with Gasteiger partial charge in [0.1, 0.15) is 11.4 Å². The highest BCUT2D eigenvalue weighted by molar-refractivity contribution is 6.24. The minimum Gasteiger partial charge on any atom is -0.468 e. The van der Waals surface area contributed by atoms with E-state index < -0.39 is 47.0 Å². The lowest BCUT2D eigenvalue weighted by molar-refractivity contribution is -0.151. The number of methoxy groups -OCH3 is 1. The minimum absolute atomic E-state index is 0.237. The molecule has 0 bridgehead atoms. The van der Waals surface area contributed by atoms with Crippen LogP contribution in [0.4, 0.5) is 10.1 Å². The van der Waals surface area contributed by atoms with E-state index in [0.29, 0.717) is 5.69 Å². The van der Waals surface area contributed by atoms with Crippen LogP contribution in [0, 0.1) is 17.7 Å². The first kappa shape index (κ1) is 18.3. The molecule has 0 radical (unpaired) electrons. The molecule has 0 spiro atoms. The summed E-state index contributed by atoms with van der Waals surface area (Å²) in [6.07, 6.45) is 0. The second-order valence-electron chi connectivity index (χ2n) is 7.19. The molecule has 2 aromatic rings. The normalized spacial score (nSPS) is 29.1. The van der Waals surface area contributed by atoms with Gasteiger partial charge >= 0.3 is 5.97 Å². The van der Waals surface area contributed by atoms with Crippen molar-refractivity contribution in [1.82, 2.24) is 5.32 Å². The van der Waals surface area contributed by atoms with Crippen LogP contribution in [0.5, 0.6) is 0 Å². The summed E-state index contributed by atoms with van der Waals surface area (Å²) in [5, 5.41) is 3.03. The standard InChI is InChI=1S/C21H19FN2O4/c1-21(20(27)28-2)16-15(17(23-21)13-10-6-7-11-14(13)22)18(25)24(19(16)26)12-8-4-3-5-9-12/h3-11,15-17,23H,1-2H3/t15-,16-,17-,21-/m0/s1. The summed E-state index contributed by atoms with van der Waals surface area (Å²) < 4.78 is 19.4. The molecule has 2 fully saturated rings. The maximum Gasteiger partial charge on any atom is 0.326 e. The predicted molar refractivity (Wildman–Crippen MR) is 98.6 cm³/mol. The van der Waals surface area contributed by atoms with Crippen LogP contribution < -0.4 is 10.2 Å². The van der Waals surface area contributed by atoms with Crippen molar-refractivity contribution in [1.29, 1.82) is 0 Å². The van der Waals surface area contributed by atoms with Gasteiger partial charge in [0, 0.05) is 11.6 Å². The molecule has 2 aliphatic heterocycles. The van der Waals surface area contributed by atoms with Gasteiger partial charge in [0.2, 0.25) is 11.8 Å². The Labute approximate surface area is 161 Å². The van der Waals surface area contributed by atoms with Gasteiger partial charge < -0.3 is 4.74 Å². The number of fused-ring (bicyclic) bond motifs is 1. The number of benzene rings is 2. The van der Waals surface area contributed by atoms with Crippen LogP contribution in [-0.2, 0) is 19.1 Å². The quantitative estimate of drug-likeness (QED) is 0.651. The Morgan fingerprint density at radius 3 is 2.36 bits per heavy atom. The molecule has 1 N–H and O–H groups in total. The summed E-state index contributed by atoms with van der Waals surface area (Å²) in [5.41, 5.74) is -0.796. The number of ether oxygens (including phenoxy) is 1. The summed E-state index contributed by atoms with van der Waals surface area (Å²) in [5.74, 6) is -4.07. The van der Waals surface area contributed by atoms with Gasteiger partial charge in [-0.05, 0) is 25.1 Å². The fourth-order valence-corrected chi connectivity index (χ4v) is 4.36. The molecule has 144 valence electrons. The van der Waals surface area contributed by atoms with Crippen LogP contribution in [0.3, 0.4) is 0 Å². The van der Waals surface area contributed by atoms with E-state index in [9.17, 15) is 18.8 Å². The zero-order valence-electron chi connectivity index (χ0n) is 15.4. The molecule has 4 rings (SSSR count). The molecule has 0 aliphatic carbocycles. The highest BCUT2D eigenvalue weighted by atomic mass is 19.1. The van der Waals surface area contributed by atoms with Gasteiger partial charge in [-0.1, -0.05) is 36.4 Å². The third-order valence-corrected chi connectivity index (χ3v) is 5.65. The molecule has 4 atom stereocenters. The first-order chi connectivity index (χ1) is 13.4. The van der Waals surface area contributed by atoms with Crippen LogP contribution in [-0.4, -0.2) is 30.4 Å². The Morgan fingerprint density at radius 2 is 1.71 bits per heavy atom. The number of amides is 2. The Bertz CT molecular complexity index is 964. The minimum atomic E-state index is -1.46. The Kier molecular flexibility index (Phi) is 4.27. The van der Waals surface area contributed by atoms with Crippen molar-refractivity contribution in [3.63, 3.8) is 0 Å². The number of carbonyl (C=O) groups is 3. The number of nitrogens with zero attached hydrogens (tertiary/aromatic N) is 1. The topological polar surface area (TPSA) is 75.7 Å². The molecule has 0 aromatic heterocycles. The molecular formula is C21H19FN2O4. The third-order valence-electron chi connectivity index (χ3n) is 5.65. The molecule has 28 heavy (non-hydrogen) atoms. The lowest BCUT2D eigenvalue weighted by atomic mass is 9.80. The van der Waals surface area contributed by atoms with E-state index in [4.69, 9.17) is 4.74 Å². The van der Waals surface area contributed by atoms with Gasteiger partial charge in [-0.15, -0.1) is 0 Å². The van der Waals surface area contributed by atoms with Crippen molar-refractivity contribution < 1.29 is 23.5 Å². The van der Waals surface area contributed by atoms with Crippen molar-refractivity contribution in [2.45, 2.75) is 18.5 Å². The molecule has 2 saturated heterocycles. The van der Waals surface area contributed by atoms with Crippen LogP contribution in [0.25, 0.3) is 0 Å². The fourth-order valence-electron chi connectivity index (χ4n) is 4.36. The number of hydrogen-bond acceptors (Lipinski definition) is 5. The van der Waals surface area contributed by atoms with Gasteiger partial charge in [-0.25, -0.2) is 9.29 Å². The van der Waals surface area contributed by atoms with Crippen molar-refractivity contribution in [2.75, 3.05) is 12.0 Å². The summed E-state index contributed by atoms with van der Waals surface area (Å²) in [6, 6.07) is 13.7. The average molecular weight is 382 g/mol. The van der Waals surface area contributed by atoms with Gasteiger partial charge in [-0.2, -0.15) is 0 Å². The molecular weight excluding hydrogens is 363 g/mol. The Morgan fingerprint density at radius 1 is 1.07 bits per heavy atom. The summed E-state index contributed by atoms with van der Waals surface area (Å²) >= 11 is 0. The number of hydrogen-bond donors (Lipinski definition) is 1. The van der Waals surface area contributed by atoms with Crippen LogP contribution in [0.1, 0.15) is 18.5 Å². The van der Waals surface area contributed by atoms with Gasteiger partial charge in [0.25, 0.3) is 0 Å². The van der Waals surface area contributed by atoms with Gasteiger partial charge in [0.15, 0.2) is 0 Å². The first-order valence-electron chi connectivity index (χ1n) is 8.93. The van der Waals surface area contributed by atoms with E-state index >= 15 is 0 Å². The van der Waals surface area contributed by atoms with Crippen LogP contribution >= 0.6 is 0 Å². The lowest BCUT2D eigenvalue weighted by Gasteiger charge is -2.28. The second kappa shape index (κ2) is 6.53. The van der Waals surface area contributed by atoms with E-state index in [-0.39, 0.29) is 5.56 Å². The zero-order chi connectivity index (χ0) is 20.1. The maximum atomic E-state index is 14.5. The van der Waals surface area contributed by atoms with Crippen LogP contribution in [0.15, 0.2) is 54.6 Å². The molecule has 2 amide bonds. The molecule has 6 nitrogen and oxygen atoms in total. The molecule has 7 heteroatoms. The molecule has 2 aliphatic rings. The number of para-hydroxylation sites is 1. The van der Waals surface area contributed by atoms with Crippen molar-refractivity contribution in [3.8, 4) is 0 Å². The number of rotatable bonds is 3. The number of anilines is 1. The highest BCUT2D eigenvalue weighted by Crippen LogP contribution is 2.50. The van der Waals surface area contributed by atoms with Crippen molar-refractivity contribution in [2.24, 2.45) is 11.8 Å². The molecule has 0 unspecified atom stereocenters. The third kappa shape index (κ3) is 2.46. The lowest BCUT2D eigenvalue weighted by Crippen LogP contribution is -2.54. The smallest absolute Gasteiger partial charge is 0.326 e. The molecule has 2 aromatic carbocycles. The number of carbonyl (C=O) groups excluding carboxylic acids is 3. The maximum absolute atomic E-state index is 14.5.